The number of fused-ring (bicyclic) bond motifs is 4. The molecule has 5 rings (SSSR count). The molecule has 2 aromatic carbocycles. The van der Waals surface area contributed by atoms with Crippen molar-refractivity contribution in [3.05, 3.63) is 80.7 Å². The van der Waals surface area contributed by atoms with E-state index in [1.807, 2.05) is 30.3 Å². The summed E-state index contributed by atoms with van der Waals surface area (Å²) >= 11 is 6.15. The maximum atomic E-state index is 13.1. The fraction of sp³-hybridized carbons (Fsp3) is 0.143. The molecule has 1 amide bonds. The van der Waals surface area contributed by atoms with Gasteiger partial charge < -0.3 is 14.9 Å². The van der Waals surface area contributed by atoms with E-state index in [2.05, 4.69) is 9.97 Å². The van der Waals surface area contributed by atoms with Crippen molar-refractivity contribution in [1.82, 2.24) is 14.9 Å². The third-order valence-electron chi connectivity index (χ3n) is 5.24. The zero-order valence-corrected chi connectivity index (χ0v) is 15.1. The normalized spacial score (nSPS) is 13.9. The van der Waals surface area contributed by atoms with Crippen LogP contribution in [0.4, 0.5) is 0 Å². The minimum Gasteiger partial charge on any atom is -0.360 e. The number of carbonyl (C=O) groups excluding carboxylic acids is 1. The van der Waals surface area contributed by atoms with E-state index in [-0.39, 0.29) is 16.9 Å². The van der Waals surface area contributed by atoms with Gasteiger partial charge in [-0.1, -0.05) is 23.7 Å². The maximum absolute atomic E-state index is 13.1. The van der Waals surface area contributed by atoms with Gasteiger partial charge in [-0.3, -0.25) is 9.59 Å². The van der Waals surface area contributed by atoms with Crippen LogP contribution in [0.5, 0.6) is 0 Å². The number of nitrogens with one attached hydrogen (secondary N) is 2. The van der Waals surface area contributed by atoms with Crippen molar-refractivity contribution in [3.8, 4) is 0 Å². The van der Waals surface area contributed by atoms with E-state index >= 15 is 0 Å². The number of aromatic nitrogens is 2. The molecule has 0 radical (unpaired) electrons. The van der Waals surface area contributed by atoms with Gasteiger partial charge in [0.15, 0.2) is 0 Å². The molecule has 4 aromatic rings. The van der Waals surface area contributed by atoms with E-state index < -0.39 is 0 Å². The van der Waals surface area contributed by atoms with Crippen molar-refractivity contribution < 1.29 is 4.79 Å². The van der Waals surface area contributed by atoms with Crippen LogP contribution in [-0.4, -0.2) is 27.3 Å². The van der Waals surface area contributed by atoms with Crippen LogP contribution in [0.1, 0.15) is 21.6 Å². The van der Waals surface area contributed by atoms with Crippen LogP contribution in [0.25, 0.3) is 21.8 Å². The number of halogens is 1. The average molecular weight is 378 g/mol. The number of benzene rings is 2. The molecule has 2 N–H and O–H groups in total. The standard InChI is InChI=1S/C21H16ClN3O2/c22-12-5-6-18-14(9-12)16-11-25(8-7-19(16)24-18)21(27)15-10-23-17-4-2-1-3-13(17)20(15)26/h1-6,9-10,24H,7-8,11H2,(H,23,26). The maximum Gasteiger partial charge on any atom is 0.259 e. The Morgan fingerprint density at radius 1 is 1.07 bits per heavy atom. The molecule has 0 fully saturated rings. The molecule has 27 heavy (non-hydrogen) atoms. The van der Waals surface area contributed by atoms with Gasteiger partial charge in [-0.25, -0.2) is 0 Å². The molecule has 0 saturated heterocycles. The number of aromatic amines is 2. The summed E-state index contributed by atoms with van der Waals surface area (Å²) in [7, 11) is 0. The van der Waals surface area contributed by atoms with Gasteiger partial charge in [0.25, 0.3) is 5.91 Å². The van der Waals surface area contributed by atoms with Crippen LogP contribution < -0.4 is 5.43 Å². The first-order valence-corrected chi connectivity index (χ1v) is 9.18. The zero-order valence-electron chi connectivity index (χ0n) is 14.4. The molecular weight excluding hydrogens is 362 g/mol. The molecule has 1 aliphatic rings. The summed E-state index contributed by atoms with van der Waals surface area (Å²) in [6, 6.07) is 12.9. The van der Waals surface area contributed by atoms with Crippen molar-refractivity contribution in [2.24, 2.45) is 0 Å². The molecule has 0 spiro atoms. The first kappa shape index (κ1) is 16.1. The van der Waals surface area contributed by atoms with Crippen molar-refractivity contribution in [1.29, 1.82) is 0 Å². The largest absolute Gasteiger partial charge is 0.360 e. The van der Waals surface area contributed by atoms with Crippen LogP contribution >= 0.6 is 11.6 Å². The summed E-state index contributed by atoms with van der Waals surface area (Å²) in [5.41, 5.74) is 3.89. The van der Waals surface area contributed by atoms with Gasteiger partial charge in [-0.05, 0) is 30.3 Å². The predicted molar refractivity (Wildman–Crippen MR) is 106 cm³/mol. The molecule has 0 aliphatic carbocycles. The zero-order chi connectivity index (χ0) is 18.5. The smallest absolute Gasteiger partial charge is 0.259 e. The molecule has 0 unspecified atom stereocenters. The first-order chi connectivity index (χ1) is 13.1. The summed E-state index contributed by atoms with van der Waals surface area (Å²) in [6.45, 7) is 1.03. The Balaban J connectivity index is 1.54. The summed E-state index contributed by atoms with van der Waals surface area (Å²) < 4.78 is 0. The molecule has 134 valence electrons. The Kier molecular flexibility index (Phi) is 3.58. The van der Waals surface area contributed by atoms with Gasteiger partial charge in [-0.15, -0.1) is 0 Å². The van der Waals surface area contributed by atoms with E-state index in [0.29, 0.717) is 23.5 Å². The highest BCUT2D eigenvalue weighted by molar-refractivity contribution is 6.31. The van der Waals surface area contributed by atoms with Gasteiger partial charge in [-0.2, -0.15) is 0 Å². The number of rotatable bonds is 1. The van der Waals surface area contributed by atoms with Crippen molar-refractivity contribution >= 4 is 39.3 Å². The third kappa shape index (κ3) is 2.54. The second kappa shape index (κ2) is 5.99. The van der Waals surface area contributed by atoms with E-state index in [1.54, 1.807) is 17.0 Å². The third-order valence-corrected chi connectivity index (χ3v) is 5.48. The van der Waals surface area contributed by atoms with Gasteiger partial charge in [0.2, 0.25) is 5.43 Å². The van der Waals surface area contributed by atoms with Gasteiger partial charge >= 0.3 is 0 Å². The van der Waals surface area contributed by atoms with Crippen LogP contribution in [0.3, 0.4) is 0 Å². The monoisotopic (exact) mass is 377 g/mol. The van der Waals surface area contributed by atoms with Crippen LogP contribution in [-0.2, 0) is 13.0 Å². The minimum atomic E-state index is -0.246. The van der Waals surface area contributed by atoms with Gasteiger partial charge in [0.1, 0.15) is 5.56 Å². The quantitative estimate of drug-likeness (QED) is 0.529. The molecule has 1 aliphatic heterocycles. The second-order valence-electron chi connectivity index (χ2n) is 6.83. The van der Waals surface area contributed by atoms with Crippen molar-refractivity contribution in [2.45, 2.75) is 13.0 Å². The molecular formula is C21H16ClN3O2. The van der Waals surface area contributed by atoms with Crippen molar-refractivity contribution in [2.75, 3.05) is 6.54 Å². The number of hydrogen-bond acceptors (Lipinski definition) is 2. The average Bonchev–Trinajstić information content (AvgIpc) is 3.05. The lowest BCUT2D eigenvalue weighted by molar-refractivity contribution is 0.0733. The lowest BCUT2D eigenvalue weighted by Crippen LogP contribution is -2.38. The number of para-hydroxylation sites is 1. The Morgan fingerprint density at radius 3 is 2.81 bits per heavy atom. The van der Waals surface area contributed by atoms with Crippen LogP contribution in [0.15, 0.2) is 53.5 Å². The molecule has 2 aromatic heterocycles. The summed E-state index contributed by atoms with van der Waals surface area (Å²) in [6.07, 6.45) is 2.24. The second-order valence-corrected chi connectivity index (χ2v) is 7.26. The minimum absolute atomic E-state index is 0.176. The van der Waals surface area contributed by atoms with Gasteiger partial charge in [0, 0.05) is 63.8 Å². The Morgan fingerprint density at radius 2 is 1.93 bits per heavy atom. The number of nitrogens with zero attached hydrogens (tertiary/aromatic N) is 1. The summed E-state index contributed by atoms with van der Waals surface area (Å²) in [4.78, 5) is 34.0. The molecule has 0 bridgehead atoms. The van der Waals surface area contributed by atoms with Gasteiger partial charge in [0.05, 0.1) is 0 Å². The fourth-order valence-corrected chi connectivity index (χ4v) is 4.03. The van der Waals surface area contributed by atoms with E-state index in [4.69, 9.17) is 11.6 Å². The number of H-pyrrole nitrogens is 2. The molecule has 6 heteroatoms. The number of pyridine rings is 1. The summed E-state index contributed by atoms with van der Waals surface area (Å²) in [5, 5.41) is 2.22. The topological polar surface area (TPSA) is 69.0 Å². The Hall–Kier alpha value is -3.05. The van der Waals surface area contributed by atoms with Crippen molar-refractivity contribution in [3.63, 3.8) is 0 Å². The van der Waals surface area contributed by atoms with E-state index in [9.17, 15) is 9.59 Å². The SMILES string of the molecule is O=C(c1c[nH]c2ccccc2c1=O)N1CCc2[nH]c3ccc(Cl)cc3c2C1. The summed E-state index contributed by atoms with van der Waals surface area (Å²) in [5.74, 6) is -0.246. The first-order valence-electron chi connectivity index (χ1n) is 8.80. The predicted octanol–water partition coefficient (Wildman–Crippen LogP) is 3.86. The molecule has 3 heterocycles. The van der Waals surface area contributed by atoms with E-state index in [1.165, 1.54) is 6.20 Å². The Bertz CT molecular complexity index is 1270. The fourth-order valence-electron chi connectivity index (χ4n) is 3.86. The van der Waals surface area contributed by atoms with E-state index in [0.717, 1.165) is 34.1 Å². The number of hydrogen-bond donors (Lipinski definition) is 2. The highest BCUT2D eigenvalue weighted by Gasteiger charge is 2.26. The van der Waals surface area contributed by atoms with Crippen LogP contribution in [0.2, 0.25) is 5.02 Å². The molecule has 0 atom stereocenters. The van der Waals surface area contributed by atoms with Crippen LogP contribution in [0, 0.1) is 0 Å². The number of amides is 1. The lowest BCUT2D eigenvalue weighted by Gasteiger charge is -2.27. The highest BCUT2D eigenvalue weighted by atomic mass is 35.5. The number of carbonyl (C=O) groups is 1. The lowest BCUT2D eigenvalue weighted by atomic mass is 10.0. The molecule has 0 saturated carbocycles. The highest BCUT2D eigenvalue weighted by Crippen LogP contribution is 2.30. The Labute approximate surface area is 159 Å². The molecule has 5 nitrogen and oxygen atoms in total.